The van der Waals surface area contributed by atoms with E-state index in [1.54, 1.807) is 6.20 Å². The highest BCUT2D eigenvalue weighted by atomic mass is 14.7. The standard InChI is InChI=1S/C14H16N2/c1-11-5-4-6-12(9-11)14(15)10-13-7-2-3-8-16-13/h2-9,14H,10,15H2,1H3/t14-/m1/s1. The molecule has 2 heteroatoms. The molecule has 1 heterocycles. The van der Waals surface area contributed by atoms with E-state index in [-0.39, 0.29) is 6.04 Å². The Hall–Kier alpha value is -1.67. The highest BCUT2D eigenvalue weighted by Crippen LogP contribution is 2.15. The summed E-state index contributed by atoms with van der Waals surface area (Å²) in [6.45, 7) is 2.08. The van der Waals surface area contributed by atoms with Gasteiger partial charge in [-0.25, -0.2) is 0 Å². The maximum Gasteiger partial charge on any atom is 0.0422 e. The quantitative estimate of drug-likeness (QED) is 0.849. The number of aromatic nitrogens is 1. The van der Waals surface area contributed by atoms with E-state index in [9.17, 15) is 0 Å². The van der Waals surface area contributed by atoms with Gasteiger partial charge in [-0.2, -0.15) is 0 Å². The zero-order chi connectivity index (χ0) is 11.4. The van der Waals surface area contributed by atoms with E-state index in [2.05, 4.69) is 30.1 Å². The third-order valence-electron chi connectivity index (χ3n) is 2.63. The molecular weight excluding hydrogens is 196 g/mol. The van der Waals surface area contributed by atoms with Gasteiger partial charge in [-0.3, -0.25) is 4.98 Å². The second-order valence-electron chi connectivity index (χ2n) is 4.05. The molecule has 2 nitrogen and oxygen atoms in total. The summed E-state index contributed by atoms with van der Waals surface area (Å²) in [5.41, 5.74) is 9.61. The van der Waals surface area contributed by atoms with Crippen molar-refractivity contribution in [3.05, 3.63) is 65.5 Å². The molecule has 1 aromatic heterocycles. The van der Waals surface area contributed by atoms with Crippen LogP contribution in [0.2, 0.25) is 0 Å². The van der Waals surface area contributed by atoms with Crippen LogP contribution in [0.25, 0.3) is 0 Å². The van der Waals surface area contributed by atoms with E-state index >= 15 is 0 Å². The molecule has 2 aromatic rings. The van der Waals surface area contributed by atoms with Crippen molar-refractivity contribution < 1.29 is 0 Å². The second kappa shape index (κ2) is 4.90. The van der Waals surface area contributed by atoms with Crippen molar-refractivity contribution in [3.8, 4) is 0 Å². The third-order valence-corrected chi connectivity index (χ3v) is 2.63. The summed E-state index contributed by atoms with van der Waals surface area (Å²) in [5.74, 6) is 0. The molecule has 2 N–H and O–H groups in total. The van der Waals surface area contributed by atoms with Gasteiger partial charge in [-0.1, -0.05) is 35.9 Å². The Balaban J connectivity index is 2.12. The zero-order valence-electron chi connectivity index (χ0n) is 9.43. The molecule has 0 saturated carbocycles. The largest absolute Gasteiger partial charge is 0.324 e. The van der Waals surface area contributed by atoms with Gasteiger partial charge in [0, 0.05) is 24.4 Å². The fourth-order valence-electron chi connectivity index (χ4n) is 1.76. The summed E-state index contributed by atoms with van der Waals surface area (Å²) in [6, 6.07) is 14.3. The van der Waals surface area contributed by atoms with Gasteiger partial charge >= 0.3 is 0 Å². The molecule has 0 bridgehead atoms. The van der Waals surface area contributed by atoms with Gasteiger partial charge in [-0.15, -0.1) is 0 Å². The van der Waals surface area contributed by atoms with E-state index in [4.69, 9.17) is 5.73 Å². The molecule has 1 aromatic carbocycles. The molecule has 0 fully saturated rings. The van der Waals surface area contributed by atoms with Crippen LogP contribution in [0, 0.1) is 6.92 Å². The first-order chi connectivity index (χ1) is 7.75. The van der Waals surface area contributed by atoms with E-state index in [0.29, 0.717) is 0 Å². The van der Waals surface area contributed by atoms with Crippen molar-refractivity contribution in [1.29, 1.82) is 0 Å². The molecular formula is C14H16N2. The van der Waals surface area contributed by atoms with Crippen LogP contribution < -0.4 is 5.73 Å². The minimum atomic E-state index is 0.0230. The van der Waals surface area contributed by atoms with Gasteiger partial charge in [0.15, 0.2) is 0 Å². The van der Waals surface area contributed by atoms with Gasteiger partial charge in [0.05, 0.1) is 0 Å². The SMILES string of the molecule is Cc1cccc([C@H](N)Cc2ccccn2)c1. The van der Waals surface area contributed by atoms with E-state index < -0.39 is 0 Å². The molecule has 0 aliphatic heterocycles. The van der Waals surface area contributed by atoms with E-state index in [1.165, 1.54) is 11.1 Å². The van der Waals surface area contributed by atoms with Crippen molar-refractivity contribution in [2.24, 2.45) is 5.73 Å². The maximum absolute atomic E-state index is 6.16. The van der Waals surface area contributed by atoms with Crippen LogP contribution in [-0.4, -0.2) is 4.98 Å². The topological polar surface area (TPSA) is 38.9 Å². The first-order valence-corrected chi connectivity index (χ1v) is 5.48. The van der Waals surface area contributed by atoms with Crippen LogP contribution in [0.15, 0.2) is 48.7 Å². The van der Waals surface area contributed by atoms with Gasteiger partial charge in [0.25, 0.3) is 0 Å². The highest BCUT2D eigenvalue weighted by molar-refractivity contribution is 5.25. The first-order valence-electron chi connectivity index (χ1n) is 5.48. The normalized spacial score (nSPS) is 12.4. The Morgan fingerprint density at radius 1 is 1.19 bits per heavy atom. The number of benzene rings is 1. The fourth-order valence-corrected chi connectivity index (χ4v) is 1.76. The van der Waals surface area contributed by atoms with Crippen LogP contribution in [0.4, 0.5) is 0 Å². The summed E-state index contributed by atoms with van der Waals surface area (Å²) in [5, 5.41) is 0. The number of hydrogen-bond donors (Lipinski definition) is 1. The summed E-state index contributed by atoms with van der Waals surface area (Å²) in [4.78, 5) is 4.29. The lowest BCUT2D eigenvalue weighted by molar-refractivity contribution is 0.706. The van der Waals surface area contributed by atoms with Crippen LogP contribution >= 0.6 is 0 Å². The average Bonchev–Trinajstić information content (AvgIpc) is 2.30. The van der Waals surface area contributed by atoms with Crippen molar-refractivity contribution in [2.75, 3.05) is 0 Å². The lowest BCUT2D eigenvalue weighted by atomic mass is 10.0. The summed E-state index contributed by atoms with van der Waals surface area (Å²) < 4.78 is 0. The smallest absolute Gasteiger partial charge is 0.0422 e. The Kier molecular flexibility index (Phi) is 3.32. The Morgan fingerprint density at radius 2 is 2.06 bits per heavy atom. The van der Waals surface area contributed by atoms with Crippen molar-refractivity contribution in [2.45, 2.75) is 19.4 Å². The minimum Gasteiger partial charge on any atom is -0.324 e. The average molecular weight is 212 g/mol. The summed E-state index contributed by atoms with van der Waals surface area (Å²) in [6.07, 6.45) is 2.59. The molecule has 0 unspecified atom stereocenters. The maximum atomic E-state index is 6.16. The summed E-state index contributed by atoms with van der Waals surface area (Å²) in [7, 11) is 0. The van der Waals surface area contributed by atoms with Crippen molar-refractivity contribution in [3.63, 3.8) is 0 Å². The van der Waals surface area contributed by atoms with Crippen LogP contribution in [0.5, 0.6) is 0 Å². The Labute approximate surface area is 96.1 Å². The number of nitrogens with two attached hydrogens (primary N) is 1. The predicted octanol–water partition coefficient (Wildman–Crippen LogP) is 2.63. The molecule has 0 amide bonds. The molecule has 16 heavy (non-hydrogen) atoms. The third kappa shape index (κ3) is 2.67. The van der Waals surface area contributed by atoms with Crippen molar-refractivity contribution in [1.82, 2.24) is 4.98 Å². The number of rotatable bonds is 3. The Morgan fingerprint density at radius 3 is 2.75 bits per heavy atom. The van der Waals surface area contributed by atoms with Gasteiger partial charge in [0.2, 0.25) is 0 Å². The van der Waals surface area contributed by atoms with Gasteiger partial charge < -0.3 is 5.73 Å². The van der Waals surface area contributed by atoms with E-state index in [0.717, 1.165) is 12.1 Å². The molecule has 0 saturated heterocycles. The highest BCUT2D eigenvalue weighted by Gasteiger charge is 2.07. The molecule has 0 radical (unpaired) electrons. The van der Waals surface area contributed by atoms with Crippen LogP contribution in [0.3, 0.4) is 0 Å². The van der Waals surface area contributed by atoms with Crippen LogP contribution in [0.1, 0.15) is 22.9 Å². The molecule has 82 valence electrons. The number of hydrogen-bond acceptors (Lipinski definition) is 2. The molecule has 2 rings (SSSR count). The van der Waals surface area contributed by atoms with Gasteiger partial charge in [-0.05, 0) is 24.6 Å². The first kappa shape index (κ1) is 10.8. The number of nitrogens with zero attached hydrogens (tertiary/aromatic N) is 1. The lowest BCUT2D eigenvalue weighted by Crippen LogP contribution is -2.14. The zero-order valence-corrected chi connectivity index (χ0v) is 9.43. The molecule has 1 atom stereocenters. The number of aryl methyl sites for hydroxylation is 1. The van der Waals surface area contributed by atoms with Crippen molar-refractivity contribution >= 4 is 0 Å². The van der Waals surface area contributed by atoms with Crippen LogP contribution in [-0.2, 0) is 6.42 Å². The lowest BCUT2D eigenvalue weighted by Gasteiger charge is -2.12. The minimum absolute atomic E-state index is 0.0230. The molecule has 0 aliphatic carbocycles. The predicted molar refractivity (Wildman–Crippen MR) is 66.0 cm³/mol. The van der Waals surface area contributed by atoms with E-state index in [1.807, 2.05) is 24.3 Å². The summed E-state index contributed by atoms with van der Waals surface area (Å²) >= 11 is 0. The Bertz CT molecular complexity index is 451. The second-order valence-corrected chi connectivity index (χ2v) is 4.05. The molecule has 0 aliphatic rings. The molecule has 0 spiro atoms. The monoisotopic (exact) mass is 212 g/mol. The fraction of sp³-hybridized carbons (Fsp3) is 0.214. The number of pyridine rings is 1. The van der Waals surface area contributed by atoms with Gasteiger partial charge in [0.1, 0.15) is 0 Å².